The van der Waals surface area contributed by atoms with E-state index in [0.29, 0.717) is 32.4 Å². The molecule has 1 aliphatic rings. The van der Waals surface area contributed by atoms with Gasteiger partial charge in [0.15, 0.2) is 0 Å². The first-order chi connectivity index (χ1) is 11.1. The van der Waals surface area contributed by atoms with E-state index in [9.17, 15) is 9.59 Å². The molecule has 23 heavy (non-hydrogen) atoms. The van der Waals surface area contributed by atoms with Crippen molar-refractivity contribution < 1.29 is 19.1 Å². The number of para-hydroxylation sites is 1. The third-order valence-electron chi connectivity index (χ3n) is 3.85. The van der Waals surface area contributed by atoms with Gasteiger partial charge in [0.05, 0.1) is 12.7 Å². The molecule has 2 unspecified atom stereocenters. The maximum absolute atomic E-state index is 11.8. The third kappa shape index (κ3) is 5.56. The number of amides is 2. The largest absolute Gasteiger partial charge is 0.493 e. The normalized spacial score (nSPS) is 20.2. The molecule has 6 nitrogen and oxygen atoms in total. The zero-order valence-corrected chi connectivity index (χ0v) is 13.4. The number of hydrogen-bond acceptors (Lipinski definition) is 4. The van der Waals surface area contributed by atoms with Gasteiger partial charge in [0.2, 0.25) is 11.8 Å². The maximum Gasteiger partial charge on any atom is 0.246 e. The molecule has 0 saturated carbocycles. The molecule has 1 aromatic carbocycles. The van der Waals surface area contributed by atoms with Crippen molar-refractivity contribution in [2.75, 3.05) is 13.2 Å². The Morgan fingerprint density at radius 2 is 2.13 bits per heavy atom. The number of aryl methyl sites for hydroxylation is 1. The zero-order valence-electron chi connectivity index (χ0n) is 13.4. The molecule has 1 saturated heterocycles. The lowest BCUT2D eigenvalue weighted by atomic mass is 10.2. The first-order valence-electron chi connectivity index (χ1n) is 7.96. The first kappa shape index (κ1) is 17.3. The van der Waals surface area contributed by atoms with Gasteiger partial charge in [0.25, 0.3) is 0 Å². The Hall–Kier alpha value is -2.08. The molecular weight excluding hydrogens is 296 g/mol. The number of nitrogens with two attached hydrogens (primary N) is 1. The first-order valence-corrected chi connectivity index (χ1v) is 7.96. The maximum atomic E-state index is 11.8. The highest BCUT2D eigenvalue weighted by Crippen LogP contribution is 2.19. The Morgan fingerprint density at radius 1 is 1.35 bits per heavy atom. The Morgan fingerprint density at radius 3 is 2.83 bits per heavy atom. The summed E-state index contributed by atoms with van der Waals surface area (Å²) in [6.07, 6.45) is 1.77. The van der Waals surface area contributed by atoms with E-state index in [1.807, 2.05) is 31.2 Å². The molecule has 0 aromatic heterocycles. The molecular formula is C17H24N2O4. The SMILES string of the molecule is Cc1ccccc1OCCCC(=O)NCC1CCC(C(N)=O)O1. The van der Waals surface area contributed by atoms with E-state index < -0.39 is 12.0 Å². The van der Waals surface area contributed by atoms with Crippen LogP contribution < -0.4 is 15.8 Å². The summed E-state index contributed by atoms with van der Waals surface area (Å²) in [5.74, 6) is 0.376. The van der Waals surface area contributed by atoms with E-state index in [2.05, 4.69) is 5.32 Å². The average molecular weight is 320 g/mol. The molecule has 0 spiro atoms. The lowest BCUT2D eigenvalue weighted by Crippen LogP contribution is -2.34. The fraction of sp³-hybridized carbons (Fsp3) is 0.529. The fourth-order valence-corrected chi connectivity index (χ4v) is 2.51. The summed E-state index contributed by atoms with van der Waals surface area (Å²) in [6.45, 7) is 2.91. The number of rotatable bonds is 8. The van der Waals surface area contributed by atoms with Crippen molar-refractivity contribution in [2.24, 2.45) is 5.73 Å². The van der Waals surface area contributed by atoms with Crippen molar-refractivity contribution in [2.45, 2.75) is 44.8 Å². The summed E-state index contributed by atoms with van der Waals surface area (Å²) in [5, 5.41) is 2.82. The summed E-state index contributed by atoms with van der Waals surface area (Å²) < 4.78 is 11.1. The summed E-state index contributed by atoms with van der Waals surface area (Å²) >= 11 is 0. The van der Waals surface area contributed by atoms with Gasteiger partial charge in [0, 0.05) is 13.0 Å². The number of ether oxygens (including phenoxy) is 2. The Kier molecular flexibility index (Phi) is 6.40. The van der Waals surface area contributed by atoms with Crippen molar-refractivity contribution in [3.8, 4) is 5.75 Å². The second-order valence-corrected chi connectivity index (χ2v) is 5.75. The van der Waals surface area contributed by atoms with Gasteiger partial charge in [-0.15, -0.1) is 0 Å². The van der Waals surface area contributed by atoms with Crippen molar-refractivity contribution in [1.82, 2.24) is 5.32 Å². The van der Waals surface area contributed by atoms with Crippen molar-refractivity contribution >= 4 is 11.8 Å². The van der Waals surface area contributed by atoms with E-state index >= 15 is 0 Å². The molecule has 1 aromatic rings. The fourth-order valence-electron chi connectivity index (χ4n) is 2.51. The average Bonchev–Trinajstić information content (AvgIpc) is 3.00. The molecule has 126 valence electrons. The van der Waals surface area contributed by atoms with E-state index in [1.54, 1.807) is 0 Å². The molecule has 6 heteroatoms. The number of carbonyl (C=O) groups excluding carboxylic acids is 2. The van der Waals surface area contributed by atoms with Gasteiger partial charge in [-0.05, 0) is 37.8 Å². The van der Waals surface area contributed by atoms with E-state index in [4.69, 9.17) is 15.2 Å². The Bertz CT molecular complexity index is 547. The van der Waals surface area contributed by atoms with Crippen LogP contribution in [0, 0.1) is 6.92 Å². The van der Waals surface area contributed by atoms with Gasteiger partial charge >= 0.3 is 0 Å². The van der Waals surface area contributed by atoms with Crippen LogP contribution in [0.4, 0.5) is 0 Å². The van der Waals surface area contributed by atoms with Crippen LogP contribution in [0.15, 0.2) is 24.3 Å². The van der Waals surface area contributed by atoms with Gasteiger partial charge < -0.3 is 20.5 Å². The van der Waals surface area contributed by atoms with Crippen LogP contribution >= 0.6 is 0 Å². The van der Waals surface area contributed by atoms with Crippen LogP contribution in [0.3, 0.4) is 0 Å². The predicted octanol–water partition coefficient (Wildman–Crippen LogP) is 1.30. The molecule has 0 bridgehead atoms. The summed E-state index contributed by atoms with van der Waals surface area (Å²) in [4.78, 5) is 22.8. The van der Waals surface area contributed by atoms with Crippen LogP contribution in [0.25, 0.3) is 0 Å². The van der Waals surface area contributed by atoms with Gasteiger partial charge in [-0.25, -0.2) is 0 Å². The number of nitrogens with one attached hydrogen (secondary N) is 1. The molecule has 2 rings (SSSR count). The van der Waals surface area contributed by atoms with E-state index in [0.717, 1.165) is 17.7 Å². The Labute approximate surface area is 136 Å². The number of carbonyl (C=O) groups is 2. The smallest absolute Gasteiger partial charge is 0.246 e. The molecule has 2 amide bonds. The minimum Gasteiger partial charge on any atom is -0.493 e. The second kappa shape index (κ2) is 8.53. The number of benzene rings is 1. The summed E-state index contributed by atoms with van der Waals surface area (Å²) in [5.41, 5.74) is 6.27. The van der Waals surface area contributed by atoms with Gasteiger partial charge in [-0.1, -0.05) is 18.2 Å². The van der Waals surface area contributed by atoms with E-state index in [1.165, 1.54) is 0 Å². The van der Waals surface area contributed by atoms with E-state index in [-0.39, 0.29) is 12.0 Å². The quantitative estimate of drug-likeness (QED) is 0.707. The number of primary amides is 1. The van der Waals surface area contributed by atoms with Crippen LogP contribution in [0.5, 0.6) is 5.75 Å². The minimum atomic E-state index is -0.514. The molecule has 2 atom stereocenters. The van der Waals surface area contributed by atoms with Crippen molar-refractivity contribution in [1.29, 1.82) is 0 Å². The highest BCUT2D eigenvalue weighted by atomic mass is 16.5. The molecule has 1 heterocycles. The third-order valence-corrected chi connectivity index (χ3v) is 3.85. The zero-order chi connectivity index (χ0) is 16.7. The molecule has 3 N–H and O–H groups in total. The summed E-state index contributed by atoms with van der Waals surface area (Å²) in [7, 11) is 0. The monoisotopic (exact) mass is 320 g/mol. The summed E-state index contributed by atoms with van der Waals surface area (Å²) in [6, 6.07) is 7.80. The van der Waals surface area contributed by atoms with Gasteiger partial charge in [0.1, 0.15) is 11.9 Å². The molecule has 0 radical (unpaired) electrons. The molecule has 1 aliphatic heterocycles. The lowest BCUT2D eigenvalue weighted by molar-refractivity contribution is -0.128. The van der Waals surface area contributed by atoms with Crippen LogP contribution in [0.1, 0.15) is 31.2 Å². The van der Waals surface area contributed by atoms with Gasteiger partial charge in [-0.2, -0.15) is 0 Å². The standard InChI is InChI=1S/C17H24N2O4/c1-12-5-2-3-6-14(12)22-10-4-7-16(20)19-11-13-8-9-15(23-13)17(18)21/h2-3,5-6,13,15H,4,7-11H2,1H3,(H2,18,21)(H,19,20). The molecule has 1 fully saturated rings. The molecule has 0 aliphatic carbocycles. The lowest BCUT2D eigenvalue weighted by Gasteiger charge is -2.13. The highest BCUT2D eigenvalue weighted by Gasteiger charge is 2.29. The minimum absolute atomic E-state index is 0.0375. The van der Waals surface area contributed by atoms with Gasteiger partial charge in [-0.3, -0.25) is 9.59 Å². The van der Waals surface area contributed by atoms with Crippen molar-refractivity contribution in [3.63, 3.8) is 0 Å². The number of hydrogen-bond donors (Lipinski definition) is 2. The Balaban J connectivity index is 1.57. The topological polar surface area (TPSA) is 90.6 Å². The highest BCUT2D eigenvalue weighted by molar-refractivity contribution is 5.79. The van der Waals surface area contributed by atoms with Crippen molar-refractivity contribution in [3.05, 3.63) is 29.8 Å². The van der Waals surface area contributed by atoms with Crippen LogP contribution in [-0.4, -0.2) is 37.2 Å². The second-order valence-electron chi connectivity index (χ2n) is 5.75. The van der Waals surface area contributed by atoms with Crippen LogP contribution in [0.2, 0.25) is 0 Å². The van der Waals surface area contributed by atoms with Crippen LogP contribution in [-0.2, 0) is 14.3 Å². The predicted molar refractivity (Wildman–Crippen MR) is 86.0 cm³/mol.